The Morgan fingerprint density at radius 3 is 2.67 bits per heavy atom. The van der Waals surface area contributed by atoms with Crippen LogP contribution in [0.15, 0.2) is 0 Å². The Hall–Kier alpha value is -0.590. The fraction of sp³-hybridized carbons (Fsp3) is 0.833. The van der Waals surface area contributed by atoms with E-state index in [1.165, 1.54) is 4.90 Å². The van der Waals surface area contributed by atoms with Gasteiger partial charge in [-0.2, -0.15) is 5.26 Å². The van der Waals surface area contributed by atoms with Crippen LogP contribution < -0.4 is 4.90 Å². The predicted octanol–water partition coefficient (Wildman–Crippen LogP) is -1.57. The molecule has 1 aliphatic heterocycles. The van der Waals surface area contributed by atoms with Gasteiger partial charge in [0.15, 0.2) is 6.54 Å². The molecule has 3 nitrogen and oxygen atoms in total. The number of hydrogen-bond acceptors (Lipinski definition) is 2. The summed E-state index contributed by atoms with van der Waals surface area (Å²) in [5.41, 5.74) is 0. The lowest BCUT2D eigenvalue weighted by Crippen LogP contribution is -3.14. The van der Waals surface area contributed by atoms with E-state index in [-0.39, 0.29) is 0 Å². The van der Waals surface area contributed by atoms with E-state index < -0.39 is 0 Å². The van der Waals surface area contributed by atoms with Crippen LogP contribution in [0.25, 0.3) is 0 Å². The third kappa shape index (κ3) is 2.00. The average molecular weight is 127 g/mol. The minimum atomic E-state index is 0.628. The molecule has 3 heteroatoms. The quantitative estimate of drug-likeness (QED) is 0.432. The van der Waals surface area contributed by atoms with E-state index in [2.05, 4.69) is 6.07 Å². The van der Waals surface area contributed by atoms with Crippen LogP contribution in [0.4, 0.5) is 0 Å². The molecule has 0 aromatic carbocycles. The van der Waals surface area contributed by atoms with Gasteiger partial charge in [0.1, 0.15) is 19.2 Å². The Kier molecular flexibility index (Phi) is 2.49. The molecule has 0 atom stereocenters. The number of nitrogens with one attached hydrogen (secondary N) is 1. The monoisotopic (exact) mass is 127 g/mol. The lowest BCUT2D eigenvalue weighted by atomic mass is 10.4. The number of hydrogen-bond donors (Lipinski definition) is 1. The van der Waals surface area contributed by atoms with Crippen LogP contribution in [0.1, 0.15) is 0 Å². The van der Waals surface area contributed by atoms with Gasteiger partial charge in [0.25, 0.3) is 0 Å². The first-order valence-electron chi connectivity index (χ1n) is 3.22. The maximum absolute atomic E-state index is 8.31. The third-order valence-electron chi connectivity index (χ3n) is 1.53. The molecule has 0 aromatic rings. The predicted molar refractivity (Wildman–Crippen MR) is 32.0 cm³/mol. The van der Waals surface area contributed by atoms with E-state index >= 15 is 0 Å². The van der Waals surface area contributed by atoms with Crippen LogP contribution in [-0.4, -0.2) is 32.8 Å². The molecular weight excluding hydrogens is 116 g/mol. The zero-order valence-corrected chi connectivity index (χ0v) is 5.39. The maximum Gasteiger partial charge on any atom is 0.165 e. The molecule has 0 aliphatic carbocycles. The van der Waals surface area contributed by atoms with Crippen molar-refractivity contribution < 1.29 is 9.64 Å². The van der Waals surface area contributed by atoms with Gasteiger partial charge in [-0.25, -0.2) is 0 Å². The summed E-state index contributed by atoms with van der Waals surface area (Å²) in [5.74, 6) is 0. The SMILES string of the molecule is N#CC[NH+]1CCOCC1. The van der Waals surface area contributed by atoms with Crippen molar-refractivity contribution in [3.63, 3.8) is 0 Å². The number of nitrogens with zero attached hydrogens (tertiary/aromatic N) is 1. The Bertz CT molecular complexity index is 113. The highest BCUT2D eigenvalue weighted by Crippen LogP contribution is 1.73. The lowest BCUT2D eigenvalue weighted by molar-refractivity contribution is -0.901. The molecule has 9 heavy (non-hydrogen) atoms. The molecule has 1 heterocycles. The van der Waals surface area contributed by atoms with Crippen molar-refractivity contribution in [2.24, 2.45) is 0 Å². The molecule has 0 aromatic heterocycles. The highest BCUT2D eigenvalue weighted by molar-refractivity contribution is 4.65. The van der Waals surface area contributed by atoms with Gasteiger partial charge in [0.05, 0.1) is 13.2 Å². The lowest BCUT2D eigenvalue weighted by Gasteiger charge is -2.20. The van der Waals surface area contributed by atoms with E-state index in [0.717, 1.165) is 26.3 Å². The minimum absolute atomic E-state index is 0.628. The van der Waals surface area contributed by atoms with Crippen LogP contribution in [0, 0.1) is 11.3 Å². The molecule has 1 rings (SSSR count). The molecule has 0 spiro atoms. The standard InChI is InChI=1S/C6H10N2O/c7-1-2-8-3-5-9-6-4-8/h2-6H2/p+1. The smallest absolute Gasteiger partial charge is 0.165 e. The zero-order valence-electron chi connectivity index (χ0n) is 5.39. The second-order valence-corrected chi connectivity index (χ2v) is 2.20. The fourth-order valence-corrected chi connectivity index (χ4v) is 0.949. The summed E-state index contributed by atoms with van der Waals surface area (Å²) in [6, 6.07) is 2.14. The molecule has 1 saturated heterocycles. The molecule has 0 bridgehead atoms. The van der Waals surface area contributed by atoms with Gasteiger partial charge in [-0.3, -0.25) is 0 Å². The van der Waals surface area contributed by atoms with Gasteiger partial charge in [-0.05, 0) is 0 Å². The second-order valence-electron chi connectivity index (χ2n) is 2.20. The van der Waals surface area contributed by atoms with Crippen LogP contribution in [0.2, 0.25) is 0 Å². The van der Waals surface area contributed by atoms with Crippen molar-refractivity contribution in [3.05, 3.63) is 0 Å². The fourth-order valence-electron chi connectivity index (χ4n) is 0.949. The number of nitriles is 1. The highest BCUT2D eigenvalue weighted by Gasteiger charge is 2.11. The minimum Gasteiger partial charge on any atom is -0.370 e. The van der Waals surface area contributed by atoms with Gasteiger partial charge in [-0.1, -0.05) is 0 Å². The van der Waals surface area contributed by atoms with Crippen molar-refractivity contribution in [2.75, 3.05) is 32.8 Å². The molecule has 1 fully saturated rings. The van der Waals surface area contributed by atoms with Crippen molar-refractivity contribution in [1.82, 2.24) is 0 Å². The van der Waals surface area contributed by atoms with Gasteiger partial charge < -0.3 is 9.64 Å². The van der Waals surface area contributed by atoms with E-state index in [1.54, 1.807) is 0 Å². The van der Waals surface area contributed by atoms with E-state index in [9.17, 15) is 0 Å². The summed E-state index contributed by atoms with van der Waals surface area (Å²) in [6.07, 6.45) is 0. The summed E-state index contributed by atoms with van der Waals surface area (Å²) in [7, 11) is 0. The first-order valence-corrected chi connectivity index (χ1v) is 3.22. The van der Waals surface area contributed by atoms with Gasteiger partial charge >= 0.3 is 0 Å². The van der Waals surface area contributed by atoms with Crippen LogP contribution in [0.5, 0.6) is 0 Å². The molecule has 50 valence electrons. The Morgan fingerprint density at radius 2 is 2.11 bits per heavy atom. The first kappa shape index (κ1) is 6.53. The summed E-state index contributed by atoms with van der Waals surface area (Å²) < 4.78 is 5.12. The molecule has 1 N–H and O–H groups in total. The summed E-state index contributed by atoms with van der Waals surface area (Å²) in [4.78, 5) is 1.35. The topological polar surface area (TPSA) is 37.5 Å². The molecular formula is C6H11N2O+. The normalized spacial score (nSPS) is 21.2. The van der Waals surface area contributed by atoms with E-state index in [1.807, 2.05) is 0 Å². The Labute approximate surface area is 54.8 Å². The van der Waals surface area contributed by atoms with Crippen molar-refractivity contribution in [2.45, 2.75) is 0 Å². The van der Waals surface area contributed by atoms with E-state index in [4.69, 9.17) is 10.00 Å². The average Bonchev–Trinajstić information content (AvgIpc) is 1.91. The van der Waals surface area contributed by atoms with Crippen molar-refractivity contribution in [3.8, 4) is 6.07 Å². The highest BCUT2D eigenvalue weighted by atomic mass is 16.5. The van der Waals surface area contributed by atoms with Crippen molar-refractivity contribution >= 4 is 0 Å². The number of morpholine rings is 1. The van der Waals surface area contributed by atoms with Crippen LogP contribution >= 0.6 is 0 Å². The number of ether oxygens (including phenoxy) is 1. The largest absolute Gasteiger partial charge is 0.370 e. The van der Waals surface area contributed by atoms with Gasteiger partial charge in [0, 0.05) is 0 Å². The number of quaternary nitrogens is 1. The molecule has 0 amide bonds. The van der Waals surface area contributed by atoms with Crippen LogP contribution in [-0.2, 0) is 4.74 Å². The molecule has 0 unspecified atom stereocenters. The second kappa shape index (κ2) is 3.44. The third-order valence-corrected chi connectivity index (χ3v) is 1.53. The summed E-state index contributed by atoms with van der Waals surface area (Å²) in [5, 5.41) is 8.31. The molecule has 0 radical (unpaired) electrons. The molecule has 1 aliphatic rings. The Balaban J connectivity index is 2.17. The molecule has 0 saturated carbocycles. The Morgan fingerprint density at radius 1 is 1.44 bits per heavy atom. The van der Waals surface area contributed by atoms with E-state index in [0.29, 0.717) is 6.54 Å². The van der Waals surface area contributed by atoms with Gasteiger partial charge in [0.2, 0.25) is 0 Å². The van der Waals surface area contributed by atoms with Crippen LogP contribution in [0.3, 0.4) is 0 Å². The zero-order chi connectivity index (χ0) is 6.53. The first-order chi connectivity index (χ1) is 4.43. The summed E-state index contributed by atoms with van der Waals surface area (Å²) >= 11 is 0. The van der Waals surface area contributed by atoms with Crippen molar-refractivity contribution in [1.29, 1.82) is 5.26 Å². The van der Waals surface area contributed by atoms with Gasteiger partial charge in [-0.15, -0.1) is 0 Å². The summed E-state index contributed by atoms with van der Waals surface area (Å²) in [6.45, 7) is 4.25. The maximum atomic E-state index is 8.31. The number of rotatable bonds is 1.